The van der Waals surface area contributed by atoms with Crippen molar-refractivity contribution in [2.24, 2.45) is 11.5 Å². The van der Waals surface area contributed by atoms with Gasteiger partial charge in [0.1, 0.15) is 11.5 Å². The zero-order valence-electron chi connectivity index (χ0n) is 21.3. The summed E-state index contributed by atoms with van der Waals surface area (Å²) in [4.78, 5) is 38.1. The Labute approximate surface area is 233 Å². The average Bonchev–Trinajstić information content (AvgIpc) is 3.64. The van der Waals surface area contributed by atoms with Crippen LogP contribution in [0.5, 0.6) is 11.5 Å². The van der Waals surface area contributed by atoms with Gasteiger partial charge >= 0.3 is 7.60 Å². The number of carbonyl (C=O) groups excluding carboxylic acids is 3. The van der Waals surface area contributed by atoms with Crippen LogP contribution in [0.25, 0.3) is 0 Å². The molecule has 4 rings (SSSR count). The molecular formula is C25H34ClN6O6P. The molecule has 14 heteroatoms. The number of hydrogen-bond donors (Lipinski definition) is 5. The van der Waals surface area contributed by atoms with Crippen molar-refractivity contribution in [2.45, 2.75) is 37.5 Å². The highest BCUT2D eigenvalue weighted by molar-refractivity contribution is 7.55. The number of amides is 3. The summed E-state index contributed by atoms with van der Waals surface area (Å²) >= 11 is 0. The number of anilines is 2. The first kappa shape index (κ1) is 30.4. The van der Waals surface area contributed by atoms with Crippen molar-refractivity contribution < 1.29 is 28.0 Å². The minimum atomic E-state index is -4.00. The van der Waals surface area contributed by atoms with E-state index in [0.29, 0.717) is 30.8 Å². The van der Waals surface area contributed by atoms with Crippen molar-refractivity contribution in [3.8, 4) is 11.5 Å². The Bertz CT molecular complexity index is 1130. The van der Waals surface area contributed by atoms with E-state index in [4.69, 9.17) is 20.5 Å². The van der Waals surface area contributed by atoms with Gasteiger partial charge in [-0.1, -0.05) is 0 Å². The van der Waals surface area contributed by atoms with Crippen LogP contribution in [-0.2, 0) is 18.9 Å². The summed E-state index contributed by atoms with van der Waals surface area (Å²) in [6.07, 6.45) is 2.73. The molecule has 0 radical (unpaired) electrons. The van der Waals surface area contributed by atoms with Gasteiger partial charge in [-0.15, -0.1) is 12.4 Å². The standard InChI is InChI=1S/C25H33N6O6P.ClH/c26-15-22(32)29-17-5-9-19(10-6-17)36-38(35,37-20-11-7-18(8-12-20)30-23(33)16-27)24-4-2-14-31(24)25(34)21-3-1-13-28-21;/h5-12,21,24,28H,1-4,13-16,26-27H2,(H,29,32)(H,30,33);1H. The fourth-order valence-corrected chi connectivity index (χ4v) is 6.67. The van der Waals surface area contributed by atoms with Crippen molar-refractivity contribution in [2.75, 3.05) is 36.8 Å². The van der Waals surface area contributed by atoms with Gasteiger partial charge in [0.25, 0.3) is 0 Å². The molecule has 0 aromatic heterocycles. The van der Waals surface area contributed by atoms with E-state index in [-0.39, 0.29) is 60.8 Å². The minimum absolute atomic E-state index is 0. The van der Waals surface area contributed by atoms with Crippen molar-refractivity contribution >= 4 is 49.1 Å². The predicted molar refractivity (Wildman–Crippen MR) is 150 cm³/mol. The molecule has 2 aliphatic rings. The molecule has 2 unspecified atom stereocenters. The first-order chi connectivity index (χ1) is 18.3. The second-order valence-electron chi connectivity index (χ2n) is 9.08. The SMILES string of the molecule is Cl.NCC(=O)Nc1ccc(OP(=O)(Oc2ccc(NC(=O)CN)cc2)C2CCCN2C(=O)C2CCCN2)cc1. The lowest BCUT2D eigenvalue weighted by Crippen LogP contribution is -2.46. The summed E-state index contributed by atoms with van der Waals surface area (Å²) in [5, 5.41) is 8.48. The lowest BCUT2D eigenvalue weighted by molar-refractivity contribution is -0.132. The van der Waals surface area contributed by atoms with Crippen molar-refractivity contribution in [1.82, 2.24) is 10.2 Å². The lowest BCUT2D eigenvalue weighted by Gasteiger charge is -2.32. The Balaban J connectivity index is 0.00000420. The number of hydrogen-bond acceptors (Lipinski definition) is 9. The quantitative estimate of drug-likeness (QED) is 0.264. The molecule has 2 aliphatic heterocycles. The zero-order valence-corrected chi connectivity index (χ0v) is 23.0. The number of nitrogens with one attached hydrogen (secondary N) is 3. The molecule has 0 saturated carbocycles. The van der Waals surface area contributed by atoms with Crippen LogP contribution < -0.4 is 36.5 Å². The number of halogens is 1. The second kappa shape index (κ2) is 13.8. The summed E-state index contributed by atoms with van der Waals surface area (Å²) in [5.74, 6) is -1.09. The van der Waals surface area contributed by atoms with Crippen LogP contribution >= 0.6 is 20.0 Å². The molecule has 2 heterocycles. The van der Waals surface area contributed by atoms with E-state index in [9.17, 15) is 18.9 Å². The van der Waals surface area contributed by atoms with Crippen LogP contribution in [0.2, 0.25) is 0 Å². The molecule has 2 aromatic rings. The maximum absolute atomic E-state index is 14.5. The number of benzene rings is 2. The van der Waals surface area contributed by atoms with Gasteiger partial charge in [-0.2, -0.15) is 0 Å². The number of likely N-dealkylation sites (tertiary alicyclic amines) is 1. The third-order valence-electron chi connectivity index (χ3n) is 6.34. The van der Waals surface area contributed by atoms with Crippen LogP contribution in [0, 0.1) is 0 Å². The van der Waals surface area contributed by atoms with Gasteiger partial charge in [0.15, 0.2) is 5.78 Å². The average molecular weight is 581 g/mol. The molecule has 2 aromatic carbocycles. The summed E-state index contributed by atoms with van der Waals surface area (Å²) < 4.78 is 26.5. The summed E-state index contributed by atoms with van der Waals surface area (Å²) in [7, 11) is -4.00. The molecule has 39 heavy (non-hydrogen) atoms. The summed E-state index contributed by atoms with van der Waals surface area (Å²) in [5.41, 5.74) is 11.7. The van der Waals surface area contributed by atoms with Crippen molar-refractivity contribution in [3.05, 3.63) is 48.5 Å². The van der Waals surface area contributed by atoms with Crippen LogP contribution in [0.4, 0.5) is 11.4 Å². The normalized spacial score (nSPS) is 18.7. The molecule has 2 atom stereocenters. The van der Waals surface area contributed by atoms with Gasteiger partial charge in [-0.3, -0.25) is 14.4 Å². The molecule has 12 nitrogen and oxygen atoms in total. The first-order valence-electron chi connectivity index (χ1n) is 12.5. The van der Waals surface area contributed by atoms with Gasteiger partial charge in [0.05, 0.1) is 19.1 Å². The Hall–Kier alpha value is -3.15. The summed E-state index contributed by atoms with van der Waals surface area (Å²) in [6.45, 7) is 0.904. The highest BCUT2D eigenvalue weighted by atomic mass is 35.5. The monoisotopic (exact) mass is 580 g/mol. The topological polar surface area (TPSA) is 178 Å². The highest BCUT2D eigenvalue weighted by Crippen LogP contribution is 2.57. The Morgan fingerprint density at radius 3 is 1.82 bits per heavy atom. The third-order valence-corrected chi connectivity index (χ3v) is 8.54. The second-order valence-corrected chi connectivity index (χ2v) is 11.1. The minimum Gasteiger partial charge on any atom is -0.415 e. The van der Waals surface area contributed by atoms with Gasteiger partial charge in [-0.05, 0) is 80.8 Å². The summed E-state index contributed by atoms with van der Waals surface area (Å²) in [6, 6.07) is 12.3. The maximum Gasteiger partial charge on any atom is 0.453 e. The van der Waals surface area contributed by atoms with E-state index in [1.165, 1.54) is 0 Å². The molecule has 2 fully saturated rings. The Morgan fingerprint density at radius 2 is 1.38 bits per heavy atom. The van der Waals surface area contributed by atoms with E-state index < -0.39 is 13.4 Å². The van der Waals surface area contributed by atoms with E-state index in [1.807, 2.05) is 0 Å². The number of nitrogens with two attached hydrogens (primary N) is 2. The van der Waals surface area contributed by atoms with E-state index >= 15 is 0 Å². The molecule has 212 valence electrons. The number of nitrogens with zero attached hydrogens (tertiary/aromatic N) is 1. The van der Waals surface area contributed by atoms with Crippen LogP contribution in [0.15, 0.2) is 48.5 Å². The zero-order chi connectivity index (χ0) is 27.1. The first-order valence-corrected chi connectivity index (χ1v) is 14.2. The van der Waals surface area contributed by atoms with Crippen LogP contribution in [0.3, 0.4) is 0 Å². The maximum atomic E-state index is 14.5. The van der Waals surface area contributed by atoms with Gasteiger partial charge in [-0.25, -0.2) is 4.57 Å². The molecule has 7 N–H and O–H groups in total. The molecule has 2 saturated heterocycles. The molecular weight excluding hydrogens is 547 g/mol. The van der Waals surface area contributed by atoms with Gasteiger partial charge < -0.3 is 41.4 Å². The molecule has 3 amide bonds. The van der Waals surface area contributed by atoms with E-state index in [1.54, 1.807) is 53.4 Å². The van der Waals surface area contributed by atoms with Gasteiger partial charge in [0.2, 0.25) is 17.7 Å². The fourth-order valence-electron chi connectivity index (χ4n) is 4.49. The molecule has 0 spiro atoms. The van der Waals surface area contributed by atoms with Crippen molar-refractivity contribution in [3.63, 3.8) is 0 Å². The van der Waals surface area contributed by atoms with E-state index in [2.05, 4.69) is 16.0 Å². The predicted octanol–water partition coefficient (Wildman–Crippen LogP) is 2.25. The van der Waals surface area contributed by atoms with Gasteiger partial charge in [0, 0.05) is 17.9 Å². The van der Waals surface area contributed by atoms with E-state index in [0.717, 1.165) is 19.4 Å². The molecule has 0 aliphatic carbocycles. The molecule has 0 bridgehead atoms. The largest absolute Gasteiger partial charge is 0.453 e. The third kappa shape index (κ3) is 7.71. The van der Waals surface area contributed by atoms with Crippen LogP contribution in [0.1, 0.15) is 25.7 Å². The van der Waals surface area contributed by atoms with Crippen LogP contribution in [-0.4, -0.2) is 60.6 Å². The fraction of sp³-hybridized carbons (Fsp3) is 0.400. The smallest absolute Gasteiger partial charge is 0.415 e. The number of carbonyl (C=O) groups is 3. The highest BCUT2D eigenvalue weighted by Gasteiger charge is 2.49. The van der Waals surface area contributed by atoms with Crippen molar-refractivity contribution in [1.29, 1.82) is 0 Å². The lowest BCUT2D eigenvalue weighted by atomic mass is 10.2. The Kier molecular flexibility index (Phi) is 10.7. The Morgan fingerprint density at radius 1 is 0.872 bits per heavy atom. The number of rotatable bonds is 10.